The van der Waals surface area contributed by atoms with Crippen molar-refractivity contribution in [2.24, 2.45) is 0 Å². The normalized spacial score (nSPS) is 11.4. The summed E-state index contributed by atoms with van der Waals surface area (Å²) in [7, 11) is 0. The molecule has 0 aliphatic rings. The van der Waals surface area contributed by atoms with Gasteiger partial charge in [-0.05, 0) is 254 Å². The number of unbranched alkanes of at least 4 members (excludes halogenated alkanes) is 12. The molecule has 0 radical (unpaired) electrons. The average molecular weight is 1480 g/mol. The summed E-state index contributed by atoms with van der Waals surface area (Å²) in [4.78, 5) is 9.87. The van der Waals surface area contributed by atoms with Crippen molar-refractivity contribution in [2.45, 2.75) is 103 Å². The maximum absolute atomic E-state index is 6.18. The number of alkyl halides is 4. The van der Waals surface area contributed by atoms with Crippen LogP contribution >= 0.6 is 109 Å². The molecule has 448 valence electrons. The highest BCUT2D eigenvalue weighted by molar-refractivity contribution is 9.09. The SMILES string of the molecule is BrCCCCCCOc1ccc(-c2ccc(-c3cc4cc(-c5ccc(-c6ccc(OCCCCCCBr)cc6)s5)c(-c5ccc(-c6ccc(OCCCCCCBr)cc6)s5)cc4cc3-c3ccc(-c4ccc(OCCCCCCBr)cc4)s3)s2)cc1. The summed E-state index contributed by atoms with van der Waals surface area (Å²) in [6, 6.07) is 62.9. The summed E-state index contributed by atoms with van der Waals surface area (Å²) in [6.07, 6.45) is 18.8. The van der Waals surface area contributed by atoms with E-state index in [0.29, 0.717) is 0 Å². The monoisotopic (exact) mass is 1470 g/mol. The summed E-state index contributed by atoms with van der Waals surface area (Å²) < 4.78 is 24.7. The van der Waals surface area contributed by atoms with E-state index in [4.69, 9.17) is 18.9 Å². The van der Waals surface area contributed by atoms with Crippen molar-refractivity contribution < 1.29 is 18.9 Å². The number of ether oxygens (including phenoxy) is 4. The van der Waals surface area contributed by atoms with Gasteiger partial charge in [0.25, 0.3) is 0 Å². The molecule has 0 unspecified atom stereocenters. The molecule has 0 N–H and O–H groups in total. The van der Waals surface area contributed by atoms with E-state index in [1.807, 2.05) is 45.3 Å². The lowest BCUT2D eigenvalue weighted by Crippen LogP contribution is -1.97. The summed E-state index contributed by atoms with van der Waals surface area (Å²) >= 11 is 21.6. The summed E-state index contributed by atoms with van der Waals surface area (Å²) in [5.74, 6) is 3.70. The smallest absolute Gasteiger partial charge is 0.119 e. The van der Waals surface area contributed by atoms with Crippen LogP contribution in [0.2, 0.25) is 0 Å². The number of fused-ring (bicyclic) bond motifs is 1. The molecule has 0 bridgehead atoms. The van der Waals surface area contributed by atoms with Crippen LogP contribution in [-0.4, -0.2) is 47.7 Å². The third-order valence-corrected chi connectivity index (χ3v) is 22.3. The number of halogens is 4. The molecule has 0 atom stereocenters. The van der Waals surface area contributed by atoms with Crippen LogP contribution in [0.25, 0.3) is 94.3 Å². The van der Waals surface area contributed by atoms with Crippen molar-refractivity contribution in [3.8, 4) is 107 Å². The molecule has 0 aliphatic carbocycles. The van der Waals surface area contributed by atoms with Crippen molar-refractivity contribution in [3.05, 3.63) is 170 Å². The highest BCUT2D eigenvalue weighted by atomic mass is 79.9. The van der Waals surface area contributed by atoms with Gasteiger partial charge < -0.3 is 18.9 Å². The first-order valence-electron chi connectivity index (χ1n) is 30.7. The van der Waals surface area contributed by atoms with Crippen LogP contribution < -0.4 is 18.9 Å². The van der Waals surface area contributed by atoms with E-state index in [-0.39, 0.29) is 0 Å². The first-order chi connectivity index (χ1) is 42.5. The van der Waals surface area contributed by atoms with Crippen LogP contribution in [0.3, 0.4) is 0 Å². The fourth-order valence-electron chi connectivity index (χ4n) is 10.5. The molecule has 0 saturated heterocycles. The molecule has 10 rings (SSSR count). The van der Waals surface area contributed by atoms with E-state index >= 15 is 0 Å². The Hall–Kier alpha value is -4.50. The van der Waals surface area contributed by atoms with E-state index in [1.165, 1.54) is 171 Å². The Labute approximate surface area is 560 Å². The molecule has 10 aromatic rings. The molecule has 4 aromatic heterocycles. The van der Waals surface area contributed by atoms with Gasteiger partial charge in [-0.2, -0.15) is 0 Å². The lowest BCUT2D eigenvalue weighted by atomic mass is 9.94. The zero-order valence-electron chi connectivity index (χ0n) is 48.9. The lowest BCUT2D eigenvalue weighted by Gasteiger charge is -2.14. The van der Waals surface area contributed by atoms with Crippen molar-refractivity contribution in [1.29, 1.82) is 0 Å². The maximum Gasteiger partial charge on any atom is 0.119 e. The molecule has 4 nitrogen and oxygen atoms in total. The van der Waals surface area contributed by atoms with Gasteiger partial charge in [0.2, 0.25) is 0 Å². The lowest BCUT2D eigenvalue weighted by molar-refractivity contribution is 0.305. The minimum Gasteiger partial charge on any atom is -0.494 e. The van der Waals surface area contributed by atoms with Gasteiger partial charge in [0.1, 0.15) is 23.0 Å². The van der Waals surface area contributed by atoms with Crippen molar-refractivity contribution in [2.75, 3.05) is 47.7 Å². The van der Waals surface area contributed by atoms with Crippen LogP contribution in [0.5, 0.6) is 23.0 Å². The third kappa shape index (κ3) is 18.3. The predicted octanol–water partition coefficient (Wildman–Crippen LogP) is 25.8. The van der Waals surface area contributed by atoms with Gasteiger partial charge in [0.15, 0.2) is 0 Å². The predicted molar refractivity (Wildman–Crippen MR) is 390 cm³/mol. The van der Waals surface area contributed by atoms with Crippen LogP contribution in [0, 0.1) is 0 Å². The van der Waals surface area contributed by atoms with Gasteiger partial charge in [-0.1, -0.05) is 115 Å². The van der Waals surface area contributed by atoms with Gasteiger partial charge in [-0.25, -0.2) is 0 Å². The first kappa shape index (κ1) is 64.5. The Morgan fingerprint density at radius 3 is 0.628 bits per heavy atom. The first-order valence-corrected chi connectivity index (χ1v) is 38.4. The summed E-state index contributed by atoms with van der Waals surface area (Å²) in [6.45, 7) is 2.98. The molecule has 12 heteroatoms. The van der Waals surface area contributed by atoms with Crippen molar-refractivity contribution in [3.63, 3.8) is 0 Å². The second-order valence-electron chi connectivity index (χ2n) is 21.7. The zero-order valence-corrected chi connectivity index (χ0v) is 58.5. The van der Waals surface area contributed by atoms with Crippen LogP contribution in [0.1, 0.15) is 103 Å². The fourth-order valence-corrected chi connectivity index (χ4v) is 16.3. The number of thiophene rings is 4. The molecular formula is C74H76Br4O4S4. The van der Waals surface area contributed by atoms with Crippen LogP contribution in [0.4, 0.5) is 0 Å². The molecule has 0 spiro atoms. The fraction of sp³-hybridized carbons (Fsp3) is 0.324. The van der Waals surface area contributed by atoms with E-state index in [9.17, 15) is 0 Å². The molecular weight excluding hydrogens is 1400 g/mol. The summed E-state index contributed by atoms with van der Waals surface area (Å²) in [5.41, 5.74) is 9.70. The van der Waals surface area contributed by atoms with Crippen molar-refractivity contribution >= 4 is 120 Å². The van der Waals surface area contributed by atoms with E-state index in [0.717, 1.165) is 96.4 Å². The zero-order chi connectivity index (χ0) is 59.1. The maximum atomic E-state index is 6.18. The van der Waals surface area contributed by atoms with Gasteiger partial charge in [-0.3, -0.25) is 0 Å². The van der Waals surface area contributed by atoms with Gasteiger partial charge in [0.05, 0.1) is 26.4 Å². The Bertz CT molecular complexity index is 3150. The van der Waals surface area contributed by atoms with E-state index < -0.39 is 0 Å². The Morgan fingerprint density at radius 1 is 0.221 bits per heavy atom. The minimum atomic E-state index is 0.744. The minimum absolute atomic E-state index is 0.744. The molecule has 0 saturated carbocycles. The standard InChI is InChI=1S/C74H76Br4O4S4/c75-41-9-1-5-13-45-79-59-25-17-53(18-26-59)67-33-37-71(83-67)63-49-57-51-65(73-39-35-69(85-73)55-21-29-61(30-22-55)81-47-15-7-3-11-43-77)66(74-40-36-70(86-74)56-23-31-62(32-24-56)82-48-16-8-4-12-44-78)52-58(57)50-64(63)72-38-34-68(84-72)54-19-27-60(28-20-54)80-46-14-6-2-10-42-76/h17-40,49-52H,1-16,41-48H2. The van der Waals surface area contributed by atoms with Crippen LogP contribution in [-0.2, 0) is 0 Å². The van der Waals surface area contributed by atoms with Gasteiger partial charge in [0, 0.05) is 82.6 Å². The Kier molecular flexibility index (Phi) is 25.8. The third-order valence-electron chi connectivity index (χ3n) is 15.3. The largest absolute Gasteiger partial charge is 0.494 e. The Balaban J connectivity index is 0.995. The molecule has 0 fully saturated rings. The number of benzene rings is 6. The highest BCUT2D eigenvalue weighted by Crippen LogP contribution is 2.49. The molecule has 86 heavy (non-hydrogen) atoms. The van der Waals surface area contributed by atoms with Gasteiger partial charge >= 0.3 is 0 Å². The molecule has 4 heterocycles. The number of hydrogen-bond donors (Lipinski definition) is 0. The van der Waals surface area contributed by atoms with E-state index in [2.05, 4.69) is 234 Å². The number of rotatable bonds is 36. The van der Waals surface area contributed by atoms with Crippen molar-refractivity contribution in [1.82, 2.24) is 0 Å². The average Bonchev–Trinajstić information content (AvgIpc) is 1.87. The molecule has 0 amide bonds. The summed E-state index contributed by atoms with van der Waals surface area (Å²) in [5, 5.41) is 6.67. The second kappa shape index (κ2) is 34.5. The number of hydrogen-bond acceptors (Lipinski definition) is 8. The quantitative estimate of drug-likeness (QED) is 0.0290. The topological polar surface area (TPSA) is 36.9 Å². The molecule has 0 aliphatic heterocycles. The second-order valence-corrected chi connectivity index (χ2v) is 29.2. The van der Waals surface area contributed by atoms with E-state index in [1.54, 1.807) is 0 Å². The Morgan fingerprint density at radius 2 is 0.419 bits per heavy atom. The van der Waals surface area contributed by atoms with Crippen LogP contribution in [0.15, 0.2) is 170 Å². The highest BCUT2D eigenvalue weighted by Gasteiger charge is 2.20. The molecule has 6 aromatic carbocycles. The van der Waals surface area contributed by atoms with Gasteiger partial charge in [-0.15, -0.1) is 45.3 Å².